The van der Waals surface area contributed by atoms with Gasteiger partial charge in [-0.2, -0.15) is 0 Å². The molecular weight excluding hydrogens is 382 g/mol. The maximum absolute atomic E-state index is 12.4. The van der Waals surface area contributed by atoms with Crippen LogP contribution in [0.15, 0.2) is 28.7 Å². The van der Waals surface area contributed by atoms with Gasteiger partial charge in [0.05, 0.1) is 12.1 Å². The third-order valence-corrected chi connectivity index (χ3v) is 4.61. The largest absolute Gasteiger partial charge is 0.346 e. The van der Waals surface area contributed by atoms with Crippen molar-refractivity contribution in [1.29, 1.82) is 0 Å². The SMILES string of the molecule is Cc1cc(Br)ccc1NC(=O)CNC(=O)c1cc(C)n(C(C)C)c1C. The molecule has 0 aliphatic heterocycles. The summed E-state index contributed by atoms with van der Waals surface area (Å²) >= 11 is 3.39. The van der Waals surface area contributed by atoms with E-state index in [4.69, 9.17) is 0 Å². The van der Waals surface area contributed by atoms with Crippen LogP contribution in [0.4, 0.5) is 5.69 Å². The molecule has 2 rings (SSSR count). The fourth-order valence-corrected chi connectivity index (χ4v) is 3.49. The van der Waals surface area contributed by atoms with E-state index in [1.165, 1.54) is 0 Å². The average Bonchev–Trinajstić information content (AvgIpc) is 2.82. The molecule has 0 unspecified atom stereocenters. The Bertz CT molecular complexity index is 809. The molecule has 0 fully saturated rings. The number of benzene rings is 1. The highest BCUT2D eigenvalue weighted by Crippen LogP contribution is 2.21. The van der Waals surface area contributed by atoms with Crippen LogP contribution in [0.5, 0.6) is 0 Å². The maximum atomic E-state index is 12.4. The Kier molecular flexibility index (Phi) is 6.06. The Balaban J connectivity index is 2.00. The summed E-state index contributed by atoms with van der Waals surface area (Å²) in [4.78, 5) is 24.5. The lowest BCUT2D eigenvalue weighted by molar-refractivity contribution is -0.115. The van der Waals surface area contributed by atoms with Crippen molar-refractivity contribution in [1.82, 2.24) is 9.88 Å². The Morgan fingerprint density at radius 1 is 1.16 bits per heavy atom. The molecule has 0 spiro atoms. The van der Waals surface area contributed by atoms with Crippen LogP contribution < -0.4 is 10.6 Å². The van der Waals surface area contributed by atoms with Crippen LogP contribution in [-0.2, 0) is 4.79 Å². The summed E-state index contributed by atoms with van der Waals surface area (Å²) in [6, 6.07) is 7.76. The molecule has 2 N–H and O–H groups in total. The summed E-state index contributed by atoms with van der Waals surface area (Å²) in [5.41, 5.74) is 4.25. The predicted molar refractivity (Wildman–Crippen MR) is 104 cm³/mol. The molecule has 134 valence electrons. The summed E-state index contributed by atoms with van der Waals surface area (Å²) < 4.78 is 3.07. The number of halogens is 1. The minimum atomic E-state index is -0.253. The first kappa shape index (κ1) is 19.2. The van der Waals surface area contributed by atoms with Crippen molar-refractivity contribution in [2.75, 3.05) is 11.9 Å². The number of nitrogens with zero attached hydrogens (tertiary/aromatic N) is 1. The second-order valence-electron chi connectivity index (χ2n) is 6.44. The van der Waals surface area contributed by atoms with Gasteiger partial charge in [-0.15, -0.1) is 0 Å². The van der Waals surface area contributed by atoms with E-state index in [1.807, 2.05) is 45.0 Å². The molecule has 0 aliphatic rings. The Morgan fingerprint density at radius 3 is 2.40 bits per heavy atom. The lowest BCUT2D eigenvalue weighted by Gasteiger charge is -2.13. The predicted octanol–water partition coefficient (Wildman–Crippen LogP) is 4.13. The van der Waals surface area contributed by atoms with Crippen molar-refractivity contribution in [2.45, 2.75) is 40.7 Å². The van der Waals surface area contributed by atoms with Gasteiger partial charge < -0.3 is 15.2 Å². The van der Waals surface area contributed by atoms with Crippen molar-refractivity contribution >= 4 is 33.4 Å². The van der Waals surface area contributed by atoms with Crippen molar-refractivity contribution in [3.05, 3.63) is 51.3 Å². The van der Waals surface area contributed by atoms with Crippen LogP contribution in [-0.4, -0.2) is 22.9 Å². The second kappa shape index (κ2) is 7.87. The number of amides is 2. The minimum absolute atomic E-state index is 0.0698. The van der Waals surface area contributed by atoms with E-state index >= 15 is 0 Å². The number of hydrogen-bond donors (Lipinski definition) is 2. The van der Waals surface area contributed by atoms with Crippen molar-refractivity contribution < 1.29 is 9.59 Å². The molecule has 2 amide bonds. The van der Waals surface area contributed by atoms with E-state index in [-0.39, 0.29) is 24.4 Å². The molecule has 6 heteroatoms. The number of carbonyl (C=O) groups excluding carboxylic acids is 2. The molecule has 1 heterocycles. The number of carbonyl (C=O) groups is 2. The highest BCUT2D eigenvalue weighted by atomic mass is 79.9. The number of rotatable bonds is 5. The summed E-state index contributed by atoms with van der Waals surface area (Å²) in [6.45, 7) is 9.91. The minimum Gasteiger partial charge on any atom is -0.346 e. The molecule has 0 radical (unpaired) electrons. The third-order valence-electron chi connectivity index (χ3n) is 4.12. The molecule has 0 saturated heterocycles. The molecule has 0 saturated carbocycles. The second-order valence-corrected chi connectivity index (χ2v) is 7.35. The van der Waals surface area contributed by atoms with Gasteiger partial charge in [0.2, 0.25) is 5.91 Å². The fourth-order valence-electron chi connectivity index (χ4n) is 3.02. The Morgan fingerprint density at radius 2 is 1.84 bits per heavy atom. The molecular formula is C19H24BrN3O2. The number of aromatic nitrogens is 1. The molecule has 0 atom stereocenters. The standard InChI is InChI=1S/C19H24BrN3O2/c1-11(2)23-13(4)9-16(14(23)5)19(25)21-10-18(24)22-17-7-6-15(20)8-12(17)3/h6-9,11H,10H2,1-5H3,(H,21,25)(H,22,24). The highest BCUT2D eigenvalue weighted by Gasteiger charge is 2.17. The van der Waals surface area contributed by atoms with Crippen LogP contribution in [0, 0.1) is 20.8 Å². The lowest BCUT2D eigenvalue weighted by atomic mass is 10.2. The van der Waals surface area contributed by atoms with Gasteiger partial charge in [-0.1, -0.05) is 15.9 Å². The first-order valence-electron chi connectivity index (χ1n) is 8.23. The first-order chi connectivity index (χ1) is 11.7. The molecule has 0 aliphatic carbocycles. The fraction of sp³-hybridized carbons (Fsp3) is 0.368. The third kappa shape index (κ3) is 4.51. The maximum Gasteiger partial charge on any atom is 0.253 e. The van der Waals surface area contributed by atoms with Gasteiger partial charge >= 0.3 is 0 Å². The molecule has 1 aromatic heterocycles. The van der Waals surface area contributed by atoms with Crippen molar-refractivity contribution in [3.8, 4) is 0 Å². The van der Waals surface area contributed by atoms with Gasteiger partial charge in [0.15, 0.2) is 0 Å². The van der Waals surface area contributed by atoms with Gasteiger partial charge in [0.25, 0.3) is 5.91 Å². The highest BCUT2D eigenvalue weighted by molar-refractivity contribution is 9.10. The molecule has 1 aromatic carbocycles. The van der Waals surface area contributed by atoms with Gasteiger partial charge in [-0.25, -0.2) is 0 Å². The number of hydrogen-bond acceptors (Lipinski definition) is 2. The first-order valence-corrected chi connectivity index (χ1v) is 9.02. The van der Waals surface area contributed by atoms with Crippen LogP contribution >= 0.6 is 15.9 Å². The summed E-state index contributed by atoms with van der Waals surface area (Å²) in [7, 11) is 0. The summed E-state index contributed by atoms with van der Waals surface area (Å²) in [5, 5.41) is 5.51. The zero-order chi connectivity index (χ0) is 18.7. The van der Waals surface area contributed by atoms with Gasteiger partial charge in [-0.3, -0.25) is 9.59 Å². The summed E-state index contributed by atoms with van der Waals surface area (Å²) in [5.74, 6) is -0.487. The smallest absolute Gasteiger partial charge is 0.253 e. The summed E-state index contributed by atoms with van der Waals surface area (Å²) in [6.07, 6.45) is 0. The quantitative estimate of drug-likeness (QED) is 0.785. The lowest BCUT2D eigenvalue weighted by Crippen LogP contribution is -2.33. The zero-order valence-electron chi connectivity index (χ0n) is 15.2. The van der Waals surface area contributed by atoms with E-state index in [0.717, 1.165) is 27.1 Å². The van der Waals surface area contributed by atoms with Gasteiger partial charge in [0, 0.05) is 27.6 Å². The molecule has 5 nitrogen and oxygen atoms in total. The monoisotopic (exact) mass is 405 g/mol. The van der Waals surface area contributed by atoms with Crippen molar-refractivity contribution in [2.24, 2.45) is 0 Å². The van der Waals surface area contributed by atoms with E-state index < -0.39 is 0 Å². The number of anilines is 1. The number of aryl methyl sites for hydroxylation is 2. The van der Waals surface area contributed by atoms with Crippen molar-refractivity contribution in [3.63, 3.8) is 0 Å². The molecule has 2 aromatic rings. The zero-order valence-corrected chi connectivity index (χ0v) is 16.8. The van der Waals surface area contributed by atoms with Crippen LogP contribution in [0.3, 0.4) is 0 Å². The van der Waals surface area contributed by atoms with E-state index in [9.17, 15) is 9.59 Å². The van der Waals surface area contributed by atoms with Gasteiger partial charge in [-0.05, 0) is 64.4 Å². The van der Waals surface area contributed by atoms with Crippen LogP contribution in [0.2, 0.25) is 0 Å². The van der Waals surface area contributed by atoms with Crippen LogP contribution in [0.25, 0.3) is 0 Å². The molecule has 25 heavy (non-hydrogen) atoms. The van der Waals surface area contributed by atoms with E-state index in [2.05, 4.69) is 45.0 Å². The van der Waals surface area contributed by atoms with E-state index in [0.29, 0.717) is 5.56 Å². The Hall–Kier alpha value is -2.08. The molecule has 0 bridgehead atoms. The Labute approximate surface area is 156 Å². The topological polar surface area (TPSA) is 63.1 Å². The average molecular weight is 406 g/mol. The normalized spacial score (nSPS) is 10.8. The number of nitrogens with one attached hydrogen (secondary N) is 2. The van der Waals surface area contributed by atoms with Gasteiger partial charge in [0.1, 0.15) is 0 Å². The van der Waals surface area contributed by atoms with E-state index in [1.54, 1.807) is 0 Å². The van der Waals surface area contributed by atoms with Crippen LogP contribution in [0.1, 0.15) is 47.2 Å².